The summed E-state index contributed by atoms with van der Waals surface area (Å²) >= 11 is 0. The summed E-state index contributed by atoms with van der Waals surface area (Å²) < 4.78 is 17.2. The van der Waals surface area contributed by atoms with E-state index in [-0.39, 0.29) is 5.82 Å². The molecule has 1 aromatic heterocycles. The first kappa shape index (κ1) is 19.8. The summed E-state index contributed by atoms with van der Waals surface area (Å²) in [6.07, 6.45) is 2.80. The summed E-state index contributed by atoms with van der Waals surface area (Å²) in [5, 5.41) is 3.45. The molecule has 3 N–H and O–H groups in total. The third-order valence-corrected chi connectivity index (χ3v) is 6.29. The molecule has 0 spiro atoms. The quantitative estimate of drug-likeness (QED) is 0.430. The lowest BCUT2D eigenvalue weighted by Crippen LogP contribution is -2.49. The molecule has 0 bridgehead atoms. The molecule has 1 aliphatic rings. The molecule has 0 saturated heterocycles. The number of benzene rings is 3. The summed E-state index contributed by atoms with van der Waals surface area (Å²) in [5.41, 5.74) is 12.4. The van der Waals surface area contributed by atoms with E-state index in [4.69, 9.17) is 10.7 Å². The van der Waals surface area contributed by atoms with Crippen molar-refractivity contribution in [2.75, 3.05) is 5.32 Å². The maximum absolute atomic E-state index is 15.2. The number of rotatable bonds is 5. The van der Waals surface area contributed by atoms with Gasteiger partial charge in [0.2, 0.25) is 0 Å². The number of hydrogen-bond donors (Lipinski definition) is 2. The van der Waals surface area contributed by atoms with Gasteiger partial charge in [-0.05, 0) is 80.1 Å². The van der Waals surface area contributed by atoms with E-state index in [1.807, 2.05) is 55.5 Å². The van der Waals surface area contributed by atoms with Gasteiger partial charge in [-0.1, -0.05) is 30.3 Å². The highest BCUT2D eigenvalue weighted by atomic mass is 19.1. The number of fused-ring (bicyclic) bond motifs is 1. The molecule has 0 amide bonds. The average molecular weight is 415 g/mol. The molecule has 1 fully saturated rings. The molecule has 1 aliphatic carbocycles. The summed E-state index contributed by atoms with van der Waals surface area (Å²) in [6, 6.07) is 20.1. The molecule has 0 unspecified atom stereocenters. The summed E-state index contributed by atoms with van der Waals surface area (Å²) in [7, 11) is 0. The Balaban J connectivity index is 1.63. The smallest absolute Gasteiger partial charge is 0.145 e. The predicted molar refractivity (Wildman–Crippen MR) is 124 cm³/mol. The van der Waals surface area contributed by atoms with Gasteiger partial charge < -0.3 is 15.6 Å². The van der Waals surface area contributed by atoms with Crippen LogP contribution in [0.15, 0.2) is 60.7 Å². The van der Waals surface area contributed by atoms with Gasteiger partial charge in [0, 0.05) is 12.2 Å². The SMILES string of the molecule is Cc1cc(C)c(F)c(-c2nc3ccc(CNc4ccccc4)cc3n2C2(N)CCC2)c1. The summed E-state index contributed by atoms with van der Waals surface area (Å²) in [4.78, 5) is 4.86. The fraction of sp³-hybridized carbons (Fsp3) is 0.269. The van der Waals surface area contributed by atoms with Crippen LogP contribution in [-0.2, 0) is 12.2 Å². The number of imidazole rings is 1. The molecule has 0 aliphatic heterocycles. The fourth-order valence-corrected chi connectivity index (χ4v) is 4.50. The van der Waals surface area contributed by atoms with Crippen molar-refractivity contribution in [3.8, 4) is 11.4 Å². The Kier molecular flexibility index (Phi) is 4.78. The molecule has 158 valence electrons. The first-order valence-corrected chi connectivity index (χ1v) is 10.8. The minimum absolute atomic E-state index is 0.226. The molecule has 0 radical (unpaired) electrons. The Morgan fingerprint density at radius 3 is 2.55 bits per heavy atom. The lowest BCUT2D eigenvalue weighted by molar-refractivity contribution is 0.159. The van der Waals surface area contributed by atoms with Gasteiger partial charge in [-0.15, -0.1) is 0 Å². The molecule has 5 heteroatoms. The minimum atomic E-state index is -0.528. The van der Waals surface area contributed by atoms with E-state index < -0.39 is 5.66 Å². The molecule has 3 aromatic carbocycles. The Morgan fingerprint density at radius 2 is 1.84 bits per heavy atom. The largest absolute Gasteiger partial charge is 0.381 e. The number of nitrogens with one attached hydrogen (secondary N) is 1. The van der Waals surface area contributed by atoms with Gasteiger partial charge >= 0.3 is 0 Å². The fourth-order valence-electron chi connectivity index (χ4n) is 4.50. The van der Waals surface area contributed by atoms with Crippen LogP contribution in [-0.4, -0.2) is 9.55 Å². The minimum Gasteiger partial charge on any atom is -0.381 e. The molecule has 0 atom stereocenters. The molecule has 1 saturated carbocycles. The van der Waals surface area contributed by atoms with Crippen LogP contribution in [0, 0.1) is 19.7 Å². The Bertz CT molecular complexity index is 1260. The van der Waals surface area contributed by atoms with Crippen LogP contribution < -0.4 is 11.1 Å². The number of anilines is 1. The van der Waals surface area contributed by atoms with Crippen molar-refractivity contribution in [2.24, 2.45) is 5.73 Å². The first-order valence-electron chi connectivity index (χ1n) is 10.8. The highest BCUT2D eigenvalue weighted by Crippen LogP contribution is 2.41. The van der Waals surface area contributed by atoms with E-state index in [1.54, 1.807) is 6.92 Å². The second-order valence-corrected chi connectivity index (χ2v) is 8.71. The van der Waals surface area contributed by atoms with Crippen molar-refractivity contribution in [1.82, 2.24) is 9.55 Å². The maximum atomic E-state index is 15.2. The van der Waals surface area contributed by atoms with E-state index in [9.17, 15) is 0 Å². The van der Waals surface area contributed by atoms with Gasteiger partial charge in [0.05, 0.1) is 22.3 Å². The highest BCUT2D eigenvalue weighted by molar-refractivity contribution is 5.82. The van der Waals surface area contributed by atoms with Crippen LogP contribution >= 0.6 is 0 Å². The molecule has 1 heterocycles. The zero-order valence-electron chi connectivity index (χ0n) is 18.0. The molecule has 4 aromatic rings. The zero-order valence-corrected chi connectivity index (χ0v) is 18.0. The number of nitrogens with two attached hydrogens (primary N) is 1. The van der Waals surface area contributed by atoms with E-state index in [2.05, 4.69) is 22.0 Å². The van der Waals surface area contributed by atoms with Crippen LogP contribution in [0.25, 0.3) is 22.4 Å². The van der Waals surface area contributed by atoms with E-state index in [1.165, 1.54) is 0 Å². The van der Waals surface area contributed by atoms with Crippen molar-refractivity contribution in [3.05, 3.63) is 83.2 Å². The number of aryl methyl sites for hydroxylation is 2. The van der Waals surface area contributed by atoms with E-state index >= 15 is 4.39 Å². The topological polar surface area (TPSA) is 55.9 Å². The van der Waals surface area contributed by atoms with Crippen LogP contribution in [0.2, 0.25) is 0 Å². The Labute approximate surface area is 181 Å². The first-order chi connectivity index (χ1) is 14.9. The van der Waals surface area contributed by atoms with Crippen molar-refractivity contribution >= 4 is 16.7 Å². The van der Waals surface area contributed by atoms with Gasteiger partial charge in [-0.3, -0.25) is 0 Å². The zero-order chi connectivity index (χ0) is 21.6. The number of halogens is 1. The lowest BCUT2D eigenvalue weighted by Gasteiger charge is -2.41. The summed E-state index contributed by atoms with van der Waals surface area (Å²) in [6.45, 7) is 4.47. The molecular weight excluding hydrogens is 387 g/mol. The van der Waals surface area contributed by atoms with Crippen molar-refractivity contribution in [3.63, 3.8) is 0 Å². The highest BCUT2D eigenvalue weighted by Gasteiger charge is 2.38. The van der Waals surface area contributed by atoms with Gasteiger partial charge in [0.15, 0.2) is 0 Å². The number of nitrogens with zero attached hydrogens (tertiary/aromatic N) is 2. The standard InChI is InChI=1S/C26H27FN4/c1-17-13-18(2)24(27)21(14-17)25-30-22-10-9-19(16-29-20-7-4-3-5-8-20)15-23(22)31(25)26(28)11-6-12-26/h3-5,7-10,13-15,29H,6,11-12,16,28H2,1-2H3. The van der Waals surface area contributed by atoms with Crippen LogP contribution in [0.4, 0.5) is 10.1 Å². The van der Waals surface area contributed by atoms with Gasteiger partial charge in [0.1, 0.15) is 11.6 Å². The molecule has 4 nitrogen and oxygen atoms in total. The molecule has 5 rings (SSSR count). The molecule has 31 heavy (non-hydrogen) atoms. The van der Waals surface area contributed by atoms with Crippen LogP contribution in [0.1, 0.15) is 36.0 Å². The normalized spacial score (nSPS) is 15.1. The van der Waals surface area contributed by atoms with Crippen LogP contribution in [0.5, 0.6) is 0 Å². The second-order valence-electron chi connectivity index (χ2n) is 8.71. The van der Waals surface area contributed by atoms with Crippen molar-refractivity contribution in [2.45, 2.75) is 45.3 Å². The summed E-state index contributed by atoms with van der Waals surface area (Å²) in [5.74, 6) is 0.394. The maximum Gasteiger partial charge on any atom is 0.145 e. The molecular formula is C26H27FN4. The Hall–Kier alpha value is -3.18. The van der Waals surface area contributed by atoms with E-state index in [0.29, 0.717) is 23.5 Å². The van der Waals surface area contributed by atoms with Crippen molar-refractivity contribution in [1.29, 1.82) is 0 Å². The third-order valence-electron chi connectivity index (χ3n) is 6.29. The van der Waals surface area contributed by atoms with Crippen molar-refractivity contribution < 1.29 is 4.39 Å². The second kappa shape index (κ2) is 7.50. The number of aromatic nitrogens is 2. The van der Waals surface area contributed by atoms with Gasteiger partial charge in [-0.2, -0.15) is 0 Å². The monoisotopic (exact) mass is 414 g/mol. The number of para-hydroxylation sites is 1. The van der Waals surface area contributed by atoms with Crippen LogP contribution in [0.3, 0.4) is 0 Å². The van der Waals surface area contributed by atoms with E-state index in [0.717, 1.165) is 47.1 Å². The lowest BCUT2D eigenvalue weighted by atomic mass is 9.85. The number of hydrogen-bond acceptors (Lipinski definition) is 3. The van der Waals surface area contributed by atoms with Gasteiger partial charge in [0.25, 0.3) is 0 Å². The average Bonchev–Trinajstić information content (AvgIpc) is 3.12. The Morgan fingerprint density at radius 1 is 1.06 bits per heavy atom. The van der Waals surface area contributed by atoms with Gasteiger partial charge in [-0.25, -0.2) is 9.37 Å². The predicted octanol–water partition coefficient (Wildman–Crippen LogP) is 5.87. The third kappa shape index (κ3) is 3.49.